The summed E-state index contributed by atoms with van der Waals surface area (Å²) < 4.78 is 60.2. The lowest BCUT2D eigenvalue weighted by Gasteiger charge is -2.11. The summed E-state index contributed by atoms with van der Waals surface area (Å²) in [5.41, 5.74) is 0.0712. The van der Waals surface area contributed by atoms with Gasteiger partial charge in [-0.2, -0.15) is 0 Å². The van der Waals surface area contributed by atoms with Crippen LogP contribution in [0.1, 0.15) is 0 Å². The molecule has 0 saturated heterocycles. The fourth-order valence-electron chi connectivity index (χ4n) is 2.02. The summed E-state index contributed by atoms with van der Waals surface area (Å²) in [4.78, 5) is -0.593. The zero-order valence-corrected chi connectivity index (χ0v) is 14.3. The van der Waals surface area contributed by atoms with Crippen LogP contribution in [0, 0.1) is 0 Å². The van der Waals surface area contributed by atoms with Crippen molar-refractivity contribution in [2.75, 3.05) is 11.5 Å². The van der Waals surface area contributed by atoms with E-state index in [4.69, 9.17) is 26.2 Å². The Morgan fingerprint density at radius 3 is 2.29 bits per heavy atom. The number of fused-ring (bicyclic) bond motifs is 1. The summed E-state index contributed by atoms with van der Waals surface area (Å²) in [6.07, 6.45) is 0. The van der Waals surface area contributed by atoms with E-state index >= 15 is 0 Å². The maximum absolute atomic E-state index is 12.5. The zero-order valence-electron chi connectivity index (χ0n) is 11.9. The van der Waals surface area contributed by atoms with Gasteiger partial charge in [-0.05, 0) is 18.2 Å². The average Bonchev–Trinajstić information content (AvgIpc) is 2.93. The van der Waals surface area contributed by atoms with Gasteiger partial charge in [0.1, 0.15) is 0 Å². The van der Waals surface area contributed by atoms with Crippen LogP contribution >= 0.6 is 11.6 Å². The number of halogens is 1. The highest BCUT2D eigenvalue weighted by atomic mass is 35.5. The van der Waals surface area contributed by atoms with E-state index in [1.165, 1.54) is 30.3 Å². The lowest BCUT2D eigenvalue weighted by Crippen LogP contribution is -2.16. The number of hydrogen-bond acceptors (Lipinski definition) is 6. The van der Waals surface area contributed by atoms with Crippen molar-refractivity contribution in [2.45, 2.75) is 9.79 Å². The van der Waals surface area contributed by atoms with Gasteiger partial charge in [0.15, 0.2) is 11.5 Å². The van der Waals surface area contributed by atoms with Gasteiger partial charge in [0, 0.05) is 12.1 Å². The van der Waals surface area contributed by atoms with E-state index in [0.717, 1.165) is 6.07 Å². The minimum absolute atomic E-state index is 0.0122. The average molecular weight is 391 g/mol. The second-order valence-corrected chi connectivity index (χ2v) is 8.46. The molecule has 1 aliphatic heterocycles. The van der Waals surface area contributed by atoms with Crippen LogP contribution in [0.4, 0.5) is 5.69 Å². The molecule has 0 saturated carbocycles. The van der Waals surface area contributed by atoms with Crippen LogP contribution in [-0.2, 0) is 20.0 Å². The van der Waals surface area contributed by atoms with Crippen LogP contribution < -0.4 is 19.3 Å². The SMILES string of the molecule is NS(=O)(=O)c1cccc(S(=O)(=O)Nc2cc3c(cc2Cl)OCO3)c1. The quantitative estimate of drug-likeness (QED) is 0.815. The Balaban J connectivity index is 1.98. The fourth-order valence-corrected chi connectivity index (χ4v) is 4.02. The van der Waals surface area contributed by atoms with Crippen molar-refractivity contribution >= 4 is 37.3 Å². The molecule has 1 heterocycles. The van der Waals surface area contributed by atoms with Gasteiger partial charge in [0.2, 0.25) is 16.8 Å². The van der Waals surface area contributed by atoms with Crippen LogP contribution in [-0.4, -0.2) is 23.6 Å². The molecule has 3 N–H and O–H groups in total. The monoisotopic (exact) mass is 390 g/mol. The Morgan fingerprint density at radius 2 is 1.62 bits per heavy atom. The van der Waals surface area contributed by atoms with Crippen molar-refractivity contribution in [1.82, 2.24) is 0 Å². The third-order valence-electron chi connectivity index (χ3n) is 3.15. The zero-order chi connectivity index (χ0) is 17.5. The number of nitrogens with one attached hydrogen (secondary N) is 1. The summed E-state index contributed by atoms with van der Waals surface area (Å²) in [6.45, 7) is 0.0122. The number of benzene rings is 2. The van der Waals surface area contributed by atoms with Gasteiger partial charge >= 0.3 is 0 Å². The standard InChI is InChI=1S/C13H11ClN2O6S2/c14-10-5-12-13(22-7-21-12)6-11(10)16-24(19,20)9-3-1-2-8(4-9)23(15,17)18/h1-6,16H,7H2,(H2,15,17,18). The number of ether oxygens (including phenoxy) is 2. The summed E-state index contributed by atoms with van der Waals surface area (Å²) in [6, 6.07) is 7.46. The molecule has 2 aromatic carbocycles. The maximum atomic E-state index is 12.5. The molecule has 11 heteroatoms. The summed E-state index contributed by atoms with van der Waals surface area (Å²) in [5, 5.41) is 5.11. The molecule has 1 aliphatic rings. The van der Waals surface area contributed by atoms with Gasteiger partial charge in [0.05, 0.1) is 20.5 Å². The molecule has 8 nitrogen and oxygen atoms in total. The Kier molecular flexibility index (Phi) is 4.08. The highest BCUT2D eigenvalue weighted by Gasteiger charge is 2.22. The van der Waals surface area contributed by atoms with Crippen LogP contribution in [0.2, 0.25) is 5.02 Å². The van der Waals surface area contributed by atoms with Crippen LogP contribution in [0.25, 0.3) is 0 Å². The van der Waals surface area contributed by atoms with Crippen molar-refractivity contribution in [3.05, 3.63) is 41.4 Å². The third kappa shape index (κ3) is 3.26. The molecule has 0 unspecified atom stereocenters. The van der Waals surface area contributed by atoms with Crippen molar-refractivity contribution < 1.29 is 26.3 Å². The minimum Gasteiger partial charge on any atom is -0.454 e. The number of nitrogens with two attached hydrogens (primary N) is 1. The number of sulfonamides is 2. The maximum Gasteiger partial charge on any atom is 0.261 e. The molecule has 0 bridgehead atoms. The van der Waals surface area contributed by atoms with E-state index in [2.05, 4.69) is 4.72 Å². The Bertz CT molecular complexity index is 1020. The predicted molar refractivity (Wildman–Crippen MR) is 86.2 cm³/mol. The van der Waals surface area contributed by atoms with Gasteiger partial charge in [-0.25, -0.2) is 22.0 Å². The highest BCUT2D eigenvalue weighted by molar-refractivity contribution is 7.93. The predicted octanol–water partition coefficient (Wildman–Crippen LogP) is 1.52. The second kappa shape index (κ2) is 5.81. The smallest absolute Gasteiger partial charge is 0.261 e. The first-order chi connectivity index (χ1) is 11.2. The number of primary sulfonamides is 1. The molecule has 0 aromatic heterocycles. The molecule has 3 rings (SSSR count). The van der Waals surface area contributed by atoms with Gasteiger partial charge in [-0.1, -0.05) is 17.7 Å². The van der Waals surface area contributed by atoms with Crippen molar-refractivity contribution in [3.63, 3.8) is 0 Å². The highest BCUT2D eigenvalue weighted by Crippen LogP contribution is 2.39. The molecule has 0 fully saturated rings. The first-order valence-corrected chi connectivity index (χ1v) is 9.82. The van der Waals surface area contributed by atoms with Crippen LogP contribution in [0.15, 0.2) is 46.2 Å². The molecular weight excluding hydrogens is 380 g/mol. The lowest BCUT2D eigenvalue weighted by molar-refractivity contribution is 0.174. The van der Waals surface area contributed by atoms with E-state index < -0.39 is 20.0 Å². The van der Waals surface area contributed by atoms with Crippen LogP contribution in [0.3, 0.4) is 0 Å². The molecule has 0 spiro atoms. The molecule has 2 aromatic rings. The van der Waals surface area contributed by atoms with Crippen molar-refractivity contribution in [1.29, 1.82) is 0 Å². The molecule has 24 heavy (non-hydrogen) atoms. The largest absolute Gasteiger partial charge is 0.454 e. The molecule has 0 atom stereocenters. The number of anilines is 1. The summed E-state index contributed by atoms with van der Waals surface area (Å²) in [5.74, 6) is 0.745. The summed E-state index contributed by atoms with van der Waals surface area (Å²) >= 11 is 6.03. The van der Waals surface area contributed by atoms with E-state index in [9.17, 15) is 16.8 Å². The molecule has 0 aliphatic carbocycles. The Labute approximate surface area is 143 Å². The molecular formula is C13H11ClN2O6S2. The summed E-state index contributed by atoms with van der Waals surface area (Å²) in [7, 11) is -8.12. The second-order valence-electron chi connectivity index (χ2n) is 4.81. The Hall–Kier alpha value is -2.01. The van der Waals surface area contributed by atoms with Gasteiger partial charge in [0.25, 0.3) is 10.0 Å². The van der Waals surface area contributed by atoms with Gasteiger partial charge < -0.3 is 9.47 Å². The number of rotatable bonds is 4. The van der Waals surface area contributed by atoms with Gasteiger partial charge in [-0.15, -0.1) is 0 Å². The van der Waals surface area contributed by atoms with E-state index in [1.807, 2.05) is 0 Å². The molecule has 128 valence electrons. The lowest BCUT2D eigenvalue weighted by atomic mass is 10.3. The van der Waals surface area contributed by atoms with Crippen molar-refractivity contribution in [3.8, 4) is 11.5 Å². The normalized spacial score (nSPS) is 13.8. The fraction of sp³-hybridized carbons (Fsp3) is 0.0769. The molecule has 0 amide bonds. The minimum atomic E-state index is -4.09. The first kappa shape index (κ1) is 16.8. The topological polar surface area (TPSA) is 125 Å². The van der Waals surface area contributed by atoms with Crippen molar-refractivity contribution in [2.24, 2.45) is 5.14 Å². The first-order valence-electron chi connectivity index (χ1n) is 6.42. The Morgan fingerprint density at radius 1 is 1.00 bits per heavy atom. The van der Waals surface area contributed by atoms with E-state index in [1.54, 1.807) is 0 Å². The third-order valence-corrected chi connectivity index (χ3v) is 5.74. The molecule has 0 radical (unpaired) electrons. The van der Waals surface area contributed by atoms with E-state index in [0.29, 0.717) is 11.5 Å². The van der Waals surface area contributed by atoms with E-state index in [-0.39, 0.29) is 27.3 Å². The number of hydrogen-bond donors (Lipinski definition) is 2. The van der Waals surface area contributed by atoms with Crippen LogP contribution in [0.5, 0.6) is 11.5 Å². The van der Waals surface area contributed by atoms with Gasteiger partial charge in [-0.3, -0.25) is 4.72 Å².